The molecule has 7 heteroatoms. The average molecular weight is 479 g/mol. The number of allylic oxidation sites excluding steroid dienone is 2. The van der Waals surface area contributed by atoms with Gasteiger partial charge in [-0.1, -0.05) is 59.6 Å². The molecule has 0 radical (unpaired) electrons. The molecule has 0 aliphatic carbocycles. The molecule has 2 fully saturated rings. The van der Waals surface area contributed by atoms with E-state index >= 15 is 0 Å². The summed E-state index contributed by atoms with van der Waals surface area (Å²) in [6.07, 6.45) is 3.82. The normalized spacial score (nSPS) is 22.5. The van der Waals surface area contributed by atoms with Crippen molar-refractivity contribution >= 4 is 28.4 Å². The topological polar surface area (TPSA) is 59.4 Å². The zero-order chi connectivity index (χ0) is 23.7. The minimum Gasteiger partial charge on any atom is -0.378 e. The Labute approximate surface area is 205 Å². The highest BCUT2D eigenvalue weighted by atomic mass is 35.5. The molecule has 0 unspecified atom stereocenters. The molecule has 1 N–H and O–H groups in total. The maximum absolute atomic E-state index is 13.4. The third-order valence-electron chi connectivity index (χ3n) is 6.86. The Morgan fingerprint density at radius 2 is 1.82 bits per heavy atom. The molecule has 34 heavy (non-hydrogen) atoms. The van der Waals surface area contributed by atoms with Crippen molar-refractivity contribution in [3.8, 4) is 0 Å². The number of halogens is 1. The number of benzene rings is 2. The molecule has 0 saturated carbocycles. The van der Waals surface area contributed by atoms with Crippen LogP contribution in [0.1, 0.15) is 42.7 Å². The van der Waals surface area contributed by atoms with Crippen molar-refractivity contribution in [2.24, 2.45) is 0 Å². The first kappa shape index (κ1) is 23.1. The number of ether oxygens (including phenoxy) is 1. The van der Waals surface area contributed by atoms with Crippen molar-refractivity contribution in [1.29, 1.82) is 0 Å². The number of aromatic nitrogens is 2. The smallest absolute Gasteiger partial charge is 0.272 e. The summed E-state index contributed by atoms with van der Waals surface area (Å²) in [7, 11) is 0. The van der Waals surface area contributed by atoms with Crippen LogP contribution in [0.4, 0.5) is 0 Å². The van der Waals surface area contributed by atoms with Crippen molar-refractivity contribution in [3.05, 3.63) is 76.5 Å². The van der Waals surface area contributed by atoms with E-state index in [0.29, 0.717) is 25.5 Å². The van der Waals surface area contributed by atoms with Gasteiger partial charge in [-0.05, 0) is 44.4 Å². The molecule has 3 aromatic rings. The van der Waals surface area contributed by atoms with Crippen molar-refractivity contribution in [2.45, 2.75) is 57.9 Å². The maximum atomic E-state index is 13.4. The van der Waals surface area contributed by atoms with Gasteiger partial charge in [0.05, 0.1) is 25.3 Å². The van der Waals surface area contributed by atoms with E-state index in [0.717, 1.165) is 40.9 Å². The van der Waals surface area contributed by atoms with E-state index in [-0.39, 0.29) is 24.0 Å². The van der Waals surface area contributed by atoms with Gasteiger partial charge in [0.15, 0.2) is 5.69 Å². The Hall–Kier alpha value is -2.67. The molecule has 6 nitrogen and oxygen atoms in total. The highest BCUT2D eigenvalue weighted by Crippen LogP contribution is 2.31. The molecule has 3 atom stereocenters. The van der Waals surface area contributed by atoms with Crippen LogP contribution in [-0.4, -0.2) is 51.9 Å². The monoisotopic (exact) mass is 478 g/mol. The fourth-order valence-corrected chi connectivity index (χ4v) is 5.34. The Morgan fingerprint density at radius 1 is 1.12 bits per heavy atom. The number of morpholine rings is 1. The van der Waals surface area contributed by atoms with Gasteiger partial charge in [-0.3, -0.25) is 14.4 Å². The summed E-state index contributed by atoms with van der Waals surface area (Å²) in [5.41, 5.74) is 3.84. The summed E-state index contributed by atoms with van der Waals surface area (Å²) in [6.45, 7) is 6.94. The van der Waals surface area contributed by atoms with Gasteiger partial charge in [0, 0.05) is 35.1 Å². The van der Waals surface area contributed by atoms with Crippen LogP contribution in [0.3, 0.4) is 0 Å². The third kappa shape index (κ3) is 4.76. The van der Waals surface area contributed by atoms with Gasteiger partial charge >= 0.3 is 0 Å². The van der Waals surface area contributed by atoms with Crippen molar-refractivity contribution in [2.75, 3.05) is 13.2 Å². The molecule has 5 rings (SSSR count). The van der Waals surface area contributed by atoms with E-state index in [2.05, 4.69) is 41.3 Å². The first-order valence-electron chi connectivity index (χ1n) is 12.0. The number of nitrogens with zero attached hydrogens (tertiary/aromatic N) is 3. The molecule has 2 saturated heterocycles. The van der Waals surface area contributed by atoms with Gasteiger partial charge in [-0.25, -0.2) is 0 Å². The van der Waals surface area contributed by atoms with E-state index < -0.39 is 0 Å². The third-order valence-corrected chi connectivity index (χ3v) is 7.23. The van der Waals surface area contributed by atoms with Gasteiger partial charge in [0.1, 0.15) is 0 Å². The second kappa shape index (κ2) is 9.90. The molecular weight excluding hydrogens is 448 g/mol. The number of hydrogen-bond acceptors (Lipinski definition) is 4. The molecule has 3 heterocycles. The molecular formula is C27H31ClN4O2. The van der Waals surface area contributed by atoms with Crippen LogP contribution in [0.25, 0.3) is 10.9 Å². The van der Waals surface area contributed by atoms with Gasteiger partial charge in [-0.2, -0.15) is 5.10 Å². The summed E-state index contributed by atoms with van der Waals surface area (Å²) < 4.78 is 7.78. The summed E-state index contributed by atoms with van der Waals surface area (Å²) in [5, 5.41) is 9.67. The van der Waals surface area contributed by atoms with Gasteiger partial charge in [-0.15, -0.1) is 0 Å². The van der Waals surface area contributed by atoms with Crippen molar-refractivity contribution in [1.82, 2.24) is 20.0 Å². The number of nitrogens with one attached hydrogen (secondary N) is 1. The van der Waals surface area contributed by atoms with E-state index in [1.807, 2.05) is 47.1 Å². The molecule has 2 aromatic carbocycles. The van der Waals surface area contributed by atoms with Crippen LogP contribution >= 0.6 is 11.6 Å². The number of piperidine rings is 1. The second-order valence-electron chi connectivity index (χ2n) is 9.58. The molecule has 2 bridgehead atoms. The quantitative estimate of drug-likeness (QED) is 0.516. The van der Waals surface area contributed by atoms with Gasteiger partial charge in [0.25, 0.3) is 5.91 Å². The Kier molecular flexibility index (Phi) is 6.73. The van der Waals surface area contributed by atoms with Gasteiger partial charge < -0.3 is 10.1 Å². The lowest BCUT2D eigenvalue weighted by atomic mass is 9.89. The Morgan fingerprint density at radius 3 is 2.56 bits per heavy atom. The maximum Gasteiger partial charge on any atom is 0.272 e. The number of para-hydroxylation sites is 1. The SMILES string of the molecule is CC(C)=CCn1nc(C(=O)N[C@H]2C[C@H]3COC[C@@H](C2)N3Cc2ccccc2Cl)c2ccccc21. The second-order valence-corrected chi connectivity index (χ2v) is 9.99. The lowest BCUT2D eigenvalue weighted by Gasteiger charge is -2.48. The number of rotatable bonds is 6. The highest BCUT2D eigenvalue weighted by molar-refractivity contribution is 6.31. The predicted octanol–water partition coefficient (Wildman–Crippen LogP) is 4.82. The summed E-state index contributed by atoms with van der Waals surface area (Å²) in [5.74, 6) is -0.101. The first-order chi connectivity index (χ1) is 16.5. The Balaban J connectivity index is 1.31. The van der Waals surface area contributed by atoms with Gasteiger partial charge in [0.2, 0.25) is 0 Å². The zero-order valence-electron chi connectivity index (χ0n) is 19.7. The van der Waals surface area contributed by atoms with Crippen molar-refractivity contribution < 1.29 is 9.53 Å². The highest BCUT2D eigenvalue weighted by Gasteiger charge is 2.40. The molecule has 2 aliphatic heterocycles. The minimum absolute atomic E-state index is 0.0931. The fraction of sp³-hybridized carbons (Fsp3) is 0.407. The standard InChI is InChI=1S/C27H31ClN4O2/c1-18(2)11-12-32-25-10-6-4-8-23(25)26(30-32)27(33)29-20-13-21-16-34-17-22(14-20)31(21)15-19-7-3-5-9-24(19)28/h3-11,20-22H,12-17H2,1-2H3,(H,29,33)/t20-,21-,22+. The summed E-state index contributed by atoms with van der Waals surface area (Å²) in [4.78, 5) is 15.8. The molecule has 178 valence electrons. The lowest BCUT2D eigenvalue weighted by molar-refractivity contribution is -0.0843. The van der Waals surface area contributed by atoms with E-state index in [9.17, 15) is 4.79 Å². The largest absolute Gasteiger partial charge is 0.378 e. The van der Waals surface area contributed by atoms with E-state index in [1.165, 1.54) is 5.57 Å². The number of hydrogen-bond donors (Lipinski definition) is 1. The van der Waals surface area contributed by atoms with E-state index in [1.54, 1.807) is 0 Å². The molecule has 2 aliphatic rings. The first-order valence-corrected chi connectivity index (χ1v) is 12.3. The number of amides is 1. The summed E-state index contributed by atoms with van der Waals surface area (Å²) >= 11 is 6.43. The number of fused-ring (bicyclic) bond motifs is 3. The Bertz CT molecular complexity index is 1200. The number of carbonyl (C=O) groups excluding carboxylic acids is 1. The zero-order valence-corrected chi connectivity index (χ0v) is 20.5. The van der Waals surface area contributed by atoms with Crippen molar-refractivity contribution in [3.63, 3.8) is 0 Å². The number of carbonyl (C=O) groups is 1. The van der Waals surface area contributed by atoms with Crippen LogP contribution in [0.15, 0.2) is 60.2 Å². The molecule has 1 aromatic heterocycles. The van der Waals surface area contributed by atoms with Crippen LogP contribution in [0, 0.1) is 0 Å². The molecule has 0 spiro atoms. The van der Waals surface area contributed by atoms with Crippen LogP contribution in [0.2, 0.25) is 5.02 Å². The van der Waals surface area contributed by atoms with Crippen LogP contribution < -0.4 is 5.32 Å². The minimum atomic E-state index is -0.101. The lowest BCUT2D eigenvalue weighted by Crippen LogP contribution is -2.60. The molecule has 1 amide bonds. The summed E-state index contributed by atoms with van der Waals surface area (Å²) in [6, 6.07) is 16.6. The van der Waals surface area contributed by atoms with Crippen LogP contribution in [0.5, 0.6) is 0 Å². The predicted molar refractivity (Wildman–Crippen MR) is 135 cm³/mol. The van der Waals surface area contributed by atoms with E-state index in [4.69, 9.17) is 16.3 Å². The fourth-order valence-electron chi connectivity index (χ4n) is 5.15. The average Bonchev–Trinajstić information content (AvgIpc) is 3.18. The van der Waals surface area contributed by atoms with Crippen LogP contribution in [-0.2, 0) is 17.8 Å².